The second kappa shape index (κ2) is 9.01. The molecule has 0 saturated heterocycles. The fourth-order valence-corrected chi connectivity index (χ4v) is 8.28. The van der Waals surface area contributed by atoms with Crippen LogP contribution >= 0.6 is 68.9 Å². The van der Waals surface area contributed by atoms with Gasteiger partial charge in [0.25, 0.3) is 4.06 Å². The van der Waals surface area contributed by atoms with Gasteiger partial charge in [0.15, 0.2) is 0 Å². The smallest absolute Gasteiger partial charge is 0.265 e. The van der Waals surface area contributed by atoms with Gasteiger partial charge in [0.05, 0.1) is 8.42 Å². The predicted octanol–water partition coefficient (Wildman–Crippen LogP) is 5.87. The van der Waals surface area contributed by atoms with Crippen molar-refractivity contribution in [1.29, 1.82) is 0 Å². The summed E-state index contributed by atoms with van der Waals surface area (Å²) in [6.45, 7) is 0. The van der Waals surface area contributed by atoms with Crippen LogP contribution in [0.15, 0.2) is 48.2 Å². The molecule has 0 spiro atoms. The Labute approximate surface area is 160 Å². The molecule has 0 radical (unpaired) electrons. The van der Waals surface area contributed by atoms with Gasteiger partial charge in [-0.15, -0.1) is 46.2 Å². The molecule has 0 aliphatic carbocycles. The van der Waals surface area contributed by atoms with Crippen molar-refractivity contribution >= 4 is 68.9 Å². The minimum absolute atomic E-state index is 0. The molecule has 8 heteroatoms. The molecule has 1 nitrogen and oxygen atoms in total. The number of thiophene rings is 2. The standard InChI is InChI=1S/C13H10OS6.Zn/c14-13-19-11(17-7-9-3-1-5-15-9)12(20-13)18-8-10-4-2-6-16-10;/h1-6H,7-8H2;. The molecular weight excluding hydrogens is 430 g/mol. The average molecular weight is 440 g/mol. The van der Waals surface area contributed by atoms with E-state index >= 15 is 0 Å². The zero-order chi connectivity index (χ0) is 13.8. The Morgan fingerprint density at radius 1 is 0.857 bits per heavy atom. The molecule has 21 heavy (non-hydrogen) atoms. The van der Waals surface area contributed by atoms with Crippen LogP contribution < -0.4 is 4.06 Å². The minimum Gasteiger partial charge on any atom is -0.265 e. The van der Waals surface area contributed by atoms with E-state index < -0.39 is 0 Å². The van der Waals surface area contributed by atoms with Crippen LogP contribution in [0.1, 0.15) is 9.75 Å². The average Bonchev–Trinajstić information content (AvgIpc) is 3.16. The maximum Gasteiger partial charge on any atom is 0.289 e. The molecule has 0 amide bonds. The Morgan fingerprint density at radius 2 is 1.33 bits per heavy atom. The van der Waals surface area contributed by atoms with Crippen LogP contribution in [0.3, 0.4) is 0 Å². The Morgan fingerprint density at radius 3 is 1.71 bits per heavy atom. The van der Waals surface area contributed by atoms with Crippen molar-refractivity contribution in [2.24, 2.45) is 0 Å². The van der Waals surface area contributed by atoms with E-state index in [-0.39, 0.29) is 23.5 Å². The molecule has 0 aromatic carbocycles. The first-order valence-electron chi connectivity index (χ1n) is 5.75. The fourth-order valence-electron chi connectivity index (χ4n) is 1.50. The van der Waals surface area contributed by atoms with E-state index in [0.29, 0.717) is 0 Å². The van der Waals surface area contributed by atoms with E-state index in [1.165, 1.54) is 40.8 Å². The third-order valence-electron chi connectivity index (χ3n) is 2.37. The molecule has 0 N–H and O–H groups in total. The first-order chi connectivity index (χ1) is 9.81. The van der Waals surface area contributed by atoms with Gasteiger partial charge < -0.3 is 0 Å². The summed E-state index contributed by atoms with van der Waals surface area (Å²) in [6, 6.07) is 8.43. The van der Waals surface area contributed by atoms with Gasteiger partial charge in [-0.25, -0.2) is 0 Å². The summed E-state index contributed by atoms with van der Waals surface area (Å²) in [5.74, 6) is 1.91. The van der Waals surface area contributed by atoms with Gasteiger partial charge in [-0.1, -0.05) is 34.8 Å². The van der Waals surface area contributed by atoms with Crippen LogP contribution in [0.25, 0.3) is 0 Å². The molecule has 3 rings (SSSR count). The largest absolute Gasteiger partial charge is 0.289 e. The molecule has 106 valence electrons. The number of thioether (sulfide) groups is 2. The van der Waals surface area contributed by atoms with E-state index in [0.717, 1.165) is 11.5 Å². The summed E-state index contributed by atoms with van der Waals surface area (Å²) in [6.07, 6.45) is 0. The van der Waals surface area contributed by atoms with Gasteiger partial charge >= 0.3 is 0 Å². The van der Waals surface area contributed by atoms with Crippen LogP contribution in [-0.2, 0) is 31.0 Å². The van der Waals surface area contributed by atoms with E-state index in [9.17, 15) is 4.79 Å². The van der Waals surface area contributed by atoms with Crippen molar-refractivity contribution in [2.75, 3.05) is 0 Å². The molecule has 0 fully saturated rings. The van der Waals surface area contributed by atoms with Crippen LogP contribution in [0, 0.1) is 0 Å². The SMILES string of the molecule is O=c1sc(SCc2cccs2)c(SCc2cccs2)s1.[Zn]. The number of hydrogen-bond acceptors (Lipinski definition) is 7. The number of hydrogen-bond donors (Lipinski definition) is 0. The molecule has 0 bridgehead atoms. The first kappa shape index (κ1) is 17.9. The predicted molar refractivity (Wildman–Crippen MR) is 96.2 cm³/mol. The maximum absolute atomic E-state index is 11.6. The molecular formula is C13H10OS6Zn. The fraction of sp³-hybridized carbons (Fsp3) is 0.154. The summed E-state index contributed by atoms with van der Waals surface area (Å²) in [7, 11) is 0. The van der Waals surface area contributed by atoms with Crippen molar-refractivity contribution in [2.45, 2.75) is 19.9 Å². The summed E-state index contributed by atoms with van der Waals surface area (Å²) >= 11 is 9.88. The second-order valence-electron chi connectivity index (χ2n) is 3.77. The maximum atomic E-state index is 11.6. The summed E-state index contributed by atoms with van der Waals surface area (Å²) in [5.41, 5.74) is 0. The number of rotatable bonds is 6. The van der Waals surface area contributed by atoms with Crippen molar-refractivity contribution < 1.29 is 19.5 Å². The summed E-state index contributed by atoms with van der Waals surface area (Å²) in [4.78, 5) is 14.4. The molecule has 0 aliphatic rings. The first-order valence-corrected chi connectivity index (χ1v) is 11.1. The third kappa shape index (κ3) is 5.31. The zero-order valence-corrected chi connectivity index (χ0v) is 18.8. The van der Waals surface area contributed by atoms with Crippen LogP contribution in [0.2, 0.25) is 0 Å². The van der Waals surface area contributed by atoms with Crippen LogP contribution in [0.5, 0.6) is 0 Å². The minimum atomic E-state index is 0. The van der Waals surface area contributed by atoms with E-state index in [1.54, 1.807) is 46.2 Å². The second-order valence-corrected chi connectivity index (χ2v) is 10.5. The molecule has 3 aromatic rings. The van der Waals surface area contributed by atoms with Gasteiger partial charge in [-0.05, 0) is 22.9 Å². The molecule has 0 saturated carbocycles. The van der Waals surface area contributed by atoms with Gasteiger partial charge in [-0.2, -0.15) is 0 Å². The Balaban J connectivity index is 0.00000161. The molecule has 0 unspecified atom stereocenters. The summed E-state index contributed by atoms with van der Waals surface area (Å²) in [5, 5.41) is 4.19. The molecule has 0 atom stereocenters. The van der Waals surface area contributed by atoms with Crippen molar-refractivity contribution in [3.05, 3.63) is 53.6 Å². The van der Waals surface area contributed by atoms with Crippen molar-refractivity contribution in [3.8, 4) is 0 Å². The summed E-state index contributed by atoms with van der Waals surface area (Å²) < 4.78 is 2.55. The molecule has 0 aliphatic heterocycles. The molecule has 3 heterocycles. The monoisotopic (exact) mass is 438 g/mol. The third-order valence-corrected chi connectivity index (χ3v) is 9.67. The van der Waals surface area contributed by atoms with Gasteiger partial charge in [0.2, 0.25) is 0 Å². The Kier molecular flexibility index (Phi) is 7.69. The van der Waals surface area contributed by atoms with Crippen molar-refractivity contribution in [3.63, 3.8) is 0 Å². The van der Waals surface area contributed by atoms with E-state index in [2.05, 4.69) is 35.0 Å². The van der Waals surface area contributed by atoms with E-state index in [1.807, 2.05) is 0 Å². The topological polar surface area (TPSA) is 17.1 Å². The zero-order valence-electron chi connectivity index (χ0n) is 10.9. The van der Waals surface area contributed by atoms with Gasteiger partial charge in [0.1, 0.15) is 0 Å². The Hall–Kier alpha value is 0.573. The van der Waals surface area contributed by atoms with Crippen LogP contribution in [0.4, 0.5) is 0 Å². The normalized spacial score (nSPS) is 10.5. The quantitative estimate of drug-likeness (QED) is 0.353. The van der Waals surface area contributed by atoms with Gasteiger partial charge in [0, 0.05) is 40.7 Å². The Bertz CT molecular complexity index is 639. The van der Waals surface area contributed by atoms with E-state index in [4.69, 9.17) is 0 Å². The van der Waals surface area contributed by atoms with Crippen molar-refractivity contribution in [1.82, 2.24) is 0 Å². The molecule has 3 aromatic heterocycles. The van der Waals surface area contributed by atoms with Gasteiger partial charge in [-0.3, -0.25) is 4.79 Å². The van der Waals surface area contributed by atoms with Crippen LogP contribution in [-0.4, -0.2) is 0 Å².